The van der Waals surface area contributed by atoms with Crippen molar-refractivity contribution in [2.24, 2.45) is 7.05 Å². The summed E-state index contributed by atoms with van der Waals surface area (Å²) in [5, 5.41) is 8.90. The molecular formula is C24H25N5O. The summed E-state index contributed by atoms with van der Waals surface area (Å²) in [5.74, 6) is 0.528. The van der Waals surface area contributed by atoms with Crippen LogP contribution >= 0.6 is 0 Å². The van der Waals surface area contributed by atoms with E-state index in [4.69, 9.17) is 0 Å². The fraction of sp³-hybridized carbons (Fsp3) is 0.292. The third-order valence-corrected chi connectivity index (χ3v) is 6.11. The second-order valence-corrected chi connectivity index (χ2v) is 8.19. The van der Waals surface area contributed by atoms with E-state index in [2.05, 4.69) is 44.6 Å². The quantitative estimate of drug-likeness (QED) is 0.531. The molecule has 6 heteroatoms. The zero-order valence-corrected chi connectivity index (χ0v) is 17.0. The van der Waals surface area contributed by atoms with Crippen LogP contribution in [0.2, 0.25) is 0 Å². The Morgan fingerprint density at radius 3 is 2.70 bits per heavy atom. The summed E-state index contributed by atoms with van der Waals surface area (Å²) in [6.45, 7) is 0. The van der Waals surface area contributed by atoms with E-state index < -0.39 is 0 Å². The number of aryl methyl sites for hydroxylation is 1. The van der Waals surface area contributed by atoms with Gasteiger partial charge in [-0.3, -0.25) is 14.5 Å². The van der Waals surface area contributed by atoms with Crippen molar-refractivity contribution in [3.8, 4) is 11.1 Å². The van der Waals surface area contributed by atoms with E-state index in [1.165, 1.54) is 10.9 Å². The maximum absolute atomic E-state index is 12.3. The molecule has 0 bridgehead atoms. The minimum absolute atomic E-state index is 0.0801. The lowest BCUT2D eigenvalue weighted by Crippen LogP contribution is -2.28. The molecule has 0 radical (unpaired) electrons. The lowest BCUT2D eigenvalue weighted by Gasteiger charge is -2.29. The third-order valence-electron chi connectivity index (χ3n) is 6.11. The van der Waals surface area contributed by atoms with Crippen LogP contribution in [0.5, 0.6) is 0 Å². The standard InChI is InChI=1S/C24H25N5O/c1-29-15-20(14-27-29)19-11-23(24(30)26-13-19)28-21-8-6-16(7-9-21)18-10-17-4-2-3-5-22(17)25-12-18/h2-5,10-16,21,28H,6-9H2,1H3,(H,26,30). The van der Waals surface area contributed by atoms with Gasteiger partial charge in [-0.2, -0.15) is 5.10 Å². The Kier molecular flexibility index (Phi) is 4.83. The zero-order chi connectivity index (χ0) is 20.5. The number of para-hydroxylation sites is 1. The molecule has 5 rings (SSSR count). The van der Waals surface area contributed by atoms with Gasteiger partial charge in [-0.15, -0.1) is 0 Å². The van der Waals surface area contributed by atoms with Gasteiger partial charge in [0.25, 0.3) is 5.56 Å². The number of H-pyrrole nitrogens is 1. The van der Waals surface area contributed by atoms with Crippen LogP contribution in [0.3, 0.4) is 0 Å². The molecule has 3 heterocycles. The van der Waals surface area contributed by atoms with Crippen LogP contribution in [0.25, 0.3) is 22.0 Å². The fourth-order valence-corrected chi connectivity index (χ4v) is 4.43. The number of fused-ring (bicyclic) bond motifs is 1. The molecule has 0 amide bonds. The van der Waals surface area contributed by atoms with Crippen molar-refractivity contribution in [3.63, 3.8) is 0 Å². The monoisotopic (exact) mass is 399 g/mol. The number of rotatable bonds is 4. The third kappa shape index (κ3) is 3.73. The summed E-state index contributed by atoms with van der Waals surface area (Å²) in [5.41, 5.74) is 4.87. The average molecular weight is 399 g/mol. The molecule has 1 saturated carbocycles. The Bertz CT molecular complexity index is 1230. The van der Waals surface area contributed by atoms with Crippen LogP contribution in [-0.2, 0) is 7.05 Å². The first-order valence-electron chi connectivity index (χ1n) is 10.5. The number of aromatic nitrogens is 4. The second-order valence-electron chi connectivity index (χ2n) is 8.19. The normalized spacial score (nSPS) is 19.1. The van der Waals surface area contributed by atoms with Crippen LogP contribution in [0, 0.1) is 0 Å². The van der Waals surface area contributed by atoms with E-state index in [1.807, 2.05) is 31.6 Å². The Labute approximate surface area is 175 Å². The van der Waals surface area contributed by atoms with Crippen LogP contribution in [-0.4, -0.2) is 25.8 Å². The van der Waals surface area contributed by atoms with Gasteiger partial charge in [0.2, 0.25) is 0 Å². The molecule has 30 heavy (non-hydrogen) atoms. The lowest BCUT2D eigenvalue weighted by atomic mass is 9.82. The molecule has 0 atom stereocenters. The molecule has 2 N–H and O–H groups in total. The van der Waals surface area contributed by atoms with Gasteiger partial charge in [-0.05, 0) is 55.4 Å². The molecule has 0 saturated heterocycles. The highest BCUT2D eigenvalue weighted by molar-refractivity contribution is 5.78. The van der Waals surface area contributed by atoms with Crippen LogP contribution in [0.15, 0.2) is 66.0 Å². The summed E-state index contributed by atoms with van der Waals surface area (Å²) in [6.07, 6.45) is 11.8. The van der Waals surface area contributed by atoms with Gasteiger partial charge in [-0.25, -0.2) is 0 Å². The number of nitrogens with zero attached hydrogens (tertiary/aromatic N) is 3. The van der Waals surface area contributed by atoms with E-state index in [0.717, 1.165) is 42.3 Å². The van der Waals surface area contributed by atoms with Gasteiger partial charge >= 0.3 is 0 Å². The molecule has 1 aromatic carbocycles. The smallest absolute Gasteiger partial charge is 0.271 e. The molecule has 1 aliphatic rings. The Morgan fingerprint density at radius 2 is 1.90 bits per heavy atom. The molecule has 6 nitrogen and oxygen atoms in total. The SMILES string of the molecule is Cn1cc(-c2c[nH]c(=O)c(NC3CCC(c4cnc5ccccc5c4)CC3)c2)cn1. The minimum Gasteiger partial charge on any atom is -0.378 e. The molecule has 4 aromatic rings. The molecule has 0 aliphatic heterocycles. The number of anilines is 1. The van der Waals surface area contributed by atoms with E-state index in [1.54, 1.807) is 17.1 Å². The molecule has 0 unspecified atom stereocenters. The van der Waals surface area contributed by atoms with Gasteiger partial charge in [0.05, 0.1) is 11.7 Å². The number of benzene rings is 1. The van der Waals surface area contributed by atoms with Crippen molar-refractivity contribution >= 4 is 16.6 Å². The average Bonchev–Trinajstić information content (AvgIpc) is 3.22. The second kappa shape index (κ2) is 7.78. The van der Waals surface area contributed by atoms with Gasteiger partial charge in [0, 0.05) is 48.2 Å². The van der Waals surface area contributed by atoms with Crippen LogP contribution < -0.4 is 10.9 Å². The van der Waals surface area contributed by atoms with Crippen molar-refractivity contribution in [1.29, 1.82) is 0 Å². The number of pyridine rings is 2. The summed E-state index contributed by atoms with van der Waals surface area (Å²) in [7, 11) is 1.89. The largest absolute Gasteiger partial charge is 0.378 e. The first-order valence-corrected chi connectivity index (χ1v) is 10.5. The van der Waals surface area contributed by atoms with Gasteiger partial charge in [-0.1, -0.05) is 18.2 Å². The highest BCUT2D eigenvalue weighted by atomic mass is 16.1. The van der Waals surface area contributed by atoms with E-state index in [0.29, 0.717) is 17.6 Å². The molecule has 0 spiro atoms. The molecule has 1 aliphatic carbocycles. The van der Waals surface area contributed by atoms with E-state index >= 15 is 0 Å². The van der Waals surface area contributed by atoms with Crippen molar-refractivity contribution in [2.45, 2.75) is 37.6 Å². The maximum Gasteiger partial charge on any atom is 0.271 e. The predicted octanol–water partition coefficient (Wildman–Crippen LogP) is 4.46. The number of hydrogen-bond acceptors (Lipinski definition) is 4. The number of nitrogens with one attached hydrogen (secondary N) is 2. The van der Waals surface area contributed by atoms with Gasteiger partial charge in [0.15, 0.2) is 0 Å². The molecule has 3 aromatic heterocycles. The summed E-state index contributed by atoms with van der Waals surface area (Å²) in [4.78, 5) is 19.8. The molecular weight excluding hydrogens is 374 g/mol. The minimum atomic E-state index is -0.0801. The summed E-state index contributed by atoms with van der Waals surface area (Å²) < 4.78 is 1.76. The summed E-state index contributed by atoms with van der Waals surface area (Å²) >= 11 is 0. The zero-order valence-electron chi connectivity index (χ0n) is 17.0. The van der Waals surface area contributed by atoms with E-state index in [-0.39, 0.29) is 5.56 Å². The highest BCUT2D eigenvalue weighted by Gasteiger charge is 2.23. The van der Waals surface area contributed by atoms with Gasteiger partial charge in [0.1, 0.15) is 5.69 Å². The Hall–Kier alpha value is -3.41. The molecule has 152 valence electrons. The Morgan fingerprint density at radius 1 is 1.07 bits per heavy atom. The Balaban J connectivity index is 1.27. The maximum atomic E-state index is 12.3. The summed E-state index contributed by atoms with van der Waals surface area (Å²) in [6, 6.07) is 12.8. The fourth-order valence-electron chi connectivity index (χ4n) is 4.43. The van der Waals surface area contributed by atoms with Crippen molar-refractivity contribution < 1.29 is 0 Å². The number of hydrogen-bond donors (Lipinski definition) is 2. The topological polar surface area (TPSA) is 75.6 Å². The van der Waals surface area contributed by atoms with Gasteiger partial charge < -0.3 is 10.3 Å². The lowest BCUT2D eigenvalue weighted by molar-refractivity contribution is 0.412. The van der Waals surface area contributed by atoms with E-state index in [9.17, 15) is 4.79 Å². The first kappa shape index (κ1) is 18.6. The van der Waals surface area contributed by atoms with Crippen molar-refractivity contribution in [1.82, 2.24) is 19.7 Å². The first-order chi connectivity index (χ1) is 14.7. The predicted molar refractivity (Wildman–Crippen MR) is 120 cm³/mol. The van der Waals surface area contributed by atoms with Crippen LogP contribution in [0.4, 0.5) is 5.69 Å². The highest BCUT2D eigenvalue weighted by Crippen LogP contribution is 2.34. The van der Waals surface area contributed by atoms with Crippen LogP contribution in [0.1, 0.15) is 37.2 Å². The van der Waals surface area contributed by atoms with Crippen molar-refractivity contribution in [3.05, 3.63) is 77.1 Å². The number of aromatic amines is 1. The molecule has 1 fully saturated rings. The van der Waals surface area contributed by atoms with Crippen molar-refractivity contribution in [2.75, 3.05) is 5.32 Å².